The normalized spacial score (nSPS) is 14.0. The fourth-order valence-electron chi connectivity index (χ4n) is 3.39. The summed E-state index contributed by atoms with van der Waals surface area (Å²) in [5.74, 6) is 1.25. The van der Waals surface area contributed by atoms with Crippen molar-refractivity contribution in [3.63, 3.8) is 0 Å². The average Bonchev–Trinajstić information content (AvgIpc) is 3.38. The van der Waals surface area contributed by atoms with Crippen LogP contribution in [0.3, 0.4) is 0 Å². The van der Waals surface area contributed by atoms with Gasteiger partial charge in [-0.3, -0.25) is 9.89 Å². The van der Waals surface area contributed by atoms with Crippen LogP contribution in [0.1, 0.15) is 45.5 Å². The Balaban J connectivity index is 1.64. The van der Waals surface area contributed by atoms with Crippen molar-refractivity contribution in [2.24, 2.45) is 0 Å². The minimum absolute atomic E-state index is 0.0138. The van der Waals surface area contributed by atoms with Gasteiger partial charge in [0.2, 0.25) is 11.9 Å². The molecular formula is C21H24ClN7O. The number of hydrogen-bond acceptors (Lipinski definition) is 5. The lowest BCUT2D eigenvalue weighted by Crippen LogP contribution is -2.25. The highest BCUT2D eigenvalue weighted by Crippen LogP contribution is 2.33. The number of likely N-dealkylation sites (N-methyl/N-ethyl adjacent to an activating group) is 1. The standard InChI is InChI=1S/C21H24ClN7O/c1-4-23-20(30)14-7-5-13(6-8-14)19-26-21(29(28-19)12(2)3)25-17-10-9-16-15(18(17)22)11-24-27-16/h5,7,9-12H,4,6,8H2,1-3H3,(H,23,30)(H,24,27)(H,25,26,28). The Hall–Kier alpha value is -3.13. The number of nitrogens with zero attached hydrogens (tertiary/aromatic N) is 4. The summed E-state index contributed by atoms with van der Waals surface area (Å²) in [5, 5.41) is 19.2. The molecule has 9 heteroatoms. The van der Waals surface area contributed by atoms with Crippen LogP contribution in [-0.4, -0.2) is 37.4 Å². The molecule has 8 nitrogen and oxygen atoms in total. The zero-order chi connectivity index (χ0) is 21.3. The smallest absolute Gasteiger partial charge is 0.247 e. The van der Waals surface area contributed by atoms with Gasteiger partial charge in [0.15, 0.2) is 5.82 Å². The SMILES string of the molecule is CCNC(=O)C1=CC=C(c2nc(Nc3ccc4[nH]ncc4c3Cl)n(C(C)C)n2)CC1. The number of aromatic nitrogens is 5. The number of benzene rings is 1. The number of hydrogen-bond donors (Lipinski definition) is 3. The highest BCUT2D eigenvalue weighted by molar-refractivity contribution is 6.38. The zero-order valence-corrected chi connectivity index (χ0v) is 17.9. The van der Waals surface area contributed by atoms with Crippen LogP contribution >= 0.6 is 11.6 Å². The van der Waals surface area contributed by atoms with Crippen molar-refractivity contribution in [3.8, 4) is 0 Å². The van der Waals surface area contributed by atoms with E-state index in [9.17, 15) is 4.79 Å². The number of fused-ring (bicyclic) bond motifs is 1. The molecule has 156 valence electrons. The Morgan fingerprint density at radius 3 is 2.83 bits per heavy atom. The zero-order valence-electron chi connectivity index (χ0n) is 17.2. The Labute approximate surface area is 179 Å². The number of halogens is 1. The minimum atomic E-state index is -0.0138. The number of nitrogens with one attached hydrogen (secondary N) is 3. The van der Waals surface area contributed by atoms with Crippen molar-refractivity contribution < 1.29 is 4.79 Å². The molecule has 3 N–H and O–H groups in total. The predicted molar refractivity (Wildman–Crippen MR) is 119 cm³/mol. The van der Waals surface area contributed by atoms with Crippen LogP contribution in [0.4, 0.5) is 11.6 Å². The number of carbonyl (C=O) groups excluding carboxylic acids is 1. The van der Waals surface area contributed by atoms with Gasteiger partial charge in [0.05, 0.1) is 28.5 Å². The van der Waals surface area contributed by atoms with Crippen molar-refractivity contribution in [3.05, 3.63) is 46.9 Å². The van der Waals surface area contributed by atoms with E-state index in [-0.39, 0.29) is 11.9 Å². The van der Waals surface area contributed by atoms with Gasteiger partial charge in [-0.25, -0.2) is 4.68 Å². The van der Waals surface area contributed by atoms with Crippen LogP contribution in [0.2, 0.25) is 5.02 Å². The summed E-state index contributed by atoms with van der Waals surface area (Å²) in [4.78, 5) is 16.8. The van der Waals surface area contributed by atoms with Crippen LogP contribution in [0.25, 0.3) is 16.5 Å². The molecule has 4 rings (SSSR count). The van der Waals surface area contributed by atoms with Crippen LogP contribution in [0.15, 0.2) is 36.1 Å². The summed E-state index contributed by atoms with van der Waals surface area (Å²) in [6.07, 6.45) is 6.87. The summed E-state index contributed by atoms with van der Waals surface area (Å²) in [7, 11) is 0. The Bertz CT molecular complexity index is 1160. The molecule has 0 aliphatic heterocycles. The van der Waals surface area contributed by atoms with Crippen molar-refractivity contribution in [2.45, 2.75) is 39.7 Å². The minimum Gasteiger partial charge on any atom is -0.353 e. The maximum Gasteiger partial charge on any atom is 0.247 e. The third kappa shape index (κ3) is 3.82. The van der Waals surface area contributed by atoms with Gasteiger partial charge < -0.3 is 10.6 Å². The van der Waals surface area contributed by atoms with Crippen LogP contribution in [0, 0.1) is 0 Å². The summed E-state index contributed by atoms with van der Waals surface area (Å²) in [6, 6.07) is 3.92. The van der Waals surface area contributed by atoms with Gasteiger partial charge in [0.1, 0.15) is 0 Å². The van der Waals surface area contributed by atoms with Crippen molar-refractivity contribution >= 4 is 45.6 Å². The molecule has 1 aromatic carbocycles. The number of rotatable bonds is 6. The highest BCUT2D eigenvalue weighted by Gasteiger charge is 2.20. The summed E-state index contributed by atoms with van der Waals surface area (Å²) < 4.78 is 1.84. The van der Waals surface area contributed by atoms with Gasteiger partial charge in [-0.2, -0.15) is 10.1 Å². The van der Waals surface area contributed by atoms with E-state index in [0.717, 1.165) is 27.7 Å². The number of amides is 1. The van der Waals surface area contributed by atoms with Crippen molar-refractivity contribution in [1.82, 2.24) is 30.3 Å². The predicted octanol–water partition coefficient (Wildman–Crippen LogP) is 4.37. The second kappa shape index (κ2) is 8.31. The molecule has 2 aromatic heterocycles. The first-order valence-corrected chi connectivity index (χ1v) is 10.4. The number of aromatic amines is 1. The highest BCUT2D eigenvalue weighted by atomic mass is 35.5. The molecule has 0 unspecified atom stereocenters. The van der Waals surface area contributed by atoms with Gasteiger partial charge in [-0.1, -0.05) is 23.8 Å². The topological polar surface area (TPSA) is 101 Å². The van der Waals surface area contributed by atoms with E-state index in [1.54, 1.807) is 6.20 Å². The summed E-state index contributed by atoms with van der Waals surface area (Å²) >= 11 is 6.55. The molecule has 3 aromatic rings. The fraction of sp³-hybridized carbons (Fsp3) is 0.333. The number of allylic oxidation sites excluding steroid dienone is 3. The number of carbonyl (C=O) groups is 1. The molecule has 0 radical (unpaired) electrons. The lowest BCUT2D eigenvalue weighted by atomic mass is 9.97. The summed E-state index contributed by atoms with van der Waals surface area (Å²) in [5.41, 5.74) is 3.39. The largest absolute Gasteiger partial charge is 0.353 e. The maximum atomic E-state index is 12.0. The molecule has 0 atom stereocenters. The van der Waals surface area contributed by atoms with Gasteiger partial charge in [-0.05, 0) is 51.3 Å². The van der Waals surface area contributed by atoms with Gasteiger partial charge in [0.25, 0.3) is 0 Å². The molecule has 30 heavy (non-hydrogen) atoms. The first-order chi connectivity index (χ1) is 14.5. The van der Waals surface area contributed by atoms with Crippen LogP contribution in [-0.2, 0) is 4.79 Å². The van der Waals surface area contributed by atoms with Gasteiger partial charge in [0, 0.05) is 17.5 Å². The molecule has 0 spiro atoms. The molecule has 0 bridgehead atoms. The second-order valence-electron chi connectivity index (χ2n) is 7.42. The quantitative estimate of drug-likeness (QED) is 0.544. The van der Waals surface area contributed by atoms with E-state index in [2.05, 4.69) is 20.8 Å². The molecule has 0 saturated carbocycles. The molecule has 0 saturated heterocycles. The van der Waals surface area contributed by atoms with E-state index in [1.165, 1.54) is 0 Å². The third-order valence-corrected chi connectivity index (χ3v) is 5.40. The fourth-order valence-corrected chi connectivity index (χ4v) is 3.65. The Kier molecular flexibility index (Phi) is 5.59. The van der Waals surface area contributed by atoms with E-state index >= 15 is 0 Å². The van der Waals surface area contributed by atoms with Gasteiger partial charge in [-0.15, -0.1) is 5.10 Å². The van der Waals surface area contributed by atoms with E-state index in [0.29, 0.717) is 36.2 Å². The Morgan fingerprint density at radius 2 is 2.13 bits per heavy atom. The summed E-state index contributed by atoms with van der Waals surface area (Å²) in [6.45, 7) is 6.63. The maximum absolute atomic E-state index is 12.0. The second-order valence-corrected chi connectivity index (χ2v) is 7.80. The van der Waals surface area contributed by atoms with Gasteiger partial charge >= 0.3 is 0 Å². The van der Waals surface area contributed by atoms with E-state index < -0.39 is 0 Å². The van der Waals surface area contributed by atoms with Crippen LogP contribution < -0.4 is 10.6 Å². The van der Waals surface area contributed by atoms with Crippen LogP contribution in [0.5, 0.6) is 0 Å². The first kappa shape index (κ1) is 20.2. The molecule has 1 aliphatic rings. The lowest BCUT2D eigenvalue weighted by molar-refractivity contribution is -0.117. The van der Waals surface area contributed by atoms with Crippen molar-refractivity contribution in [1.29, 1.82) is 0 Å². The average molecular weight is 426 g/mol. The third-order valence-electron chi connectivity index (χ3n) is 4.99. The van der Waals surface area contributed by atoms with E-state index in [4.69, 9.17) is 21.7 Å². The lowest BCUT2D eigenvalue weighted by Gasteiger charge is -2.12. The van der Waals surface area contributed by atoms with E-state index in [1.807, 2.05) is 49.7 Å². The Morgan fingerprint density at radius 1 is 1.30 bits per heavy atom. The number of anilines is 2. The molecular weight excluding hydrogens is 402 g/mol. The monoisotopic (exact) mass is 425 g/mol. The van der Waals surface area contributed by atoms with Crippen molar-refractivity contribution in [2.75, 3.05) is 11.9 Å². The molecule has 1 aliphatic carbocycles. The molecule has 0 fully saturated rings. The number of H-pyrrole nitrogens is 1. The molecule has 1 amide bonds. The molecule has 2 heterocycles. The first-order valence-electron chi connectivity index (χ1n) is 10.0.